The van der Waals surface area contributed by atoms with E-state index in [0.717, 1.165) is 24.2 Å². The number of ether oxygens (including phenoxy) is 1. The molecule has 120 valence electrons. The van der Waals surface area contributed by atoms with Gasteiger partial charge in [0.1, 0.15) is 0 Å². The van der Waals surface area contributed by atoms with E-state index in [2.05, 4.69) is 55.7 Å². The van der Waals surface area contributed by atoms with Crippen LogP contribution in [0.15, 0.2) is 41.6 Å². The molecule has 0 bridgehead atoms. The summed E-state index contributed by atoms with van der Waals surface area (Å²) in [5.74, 6) is -0.173. The van der Waals surface area contributed by atoms with Crippen LogP contribution in [0.5, 0.6) is 0 Å². The van der Waals surface area contributed by atoms with Crippen molar-refractivity contribution in [3.63, 3.8) is 0 Å². The molecule has 1 heterocycles. The molecule has 0 radical (unpaired) electrons. The van der Waals surface area contributed by atoms with Crippen molar-refractivity contribution in [1.82, 2.24) is 4.90 Å². The van der Waals surface area contributed by atoms with Crippen molar-refractivity contribution in [3.8, 4) is 0 Å². The molecule has 1 aliphatic heterocycles. The Morgan fingerprint density at radius 2 is 1.91 bits per heavy atom. The van der Waals surface area contributed by atoms with Crippen molar-refractivity contribution in [1.29, 1.82) is 0 Å². The summed E-state index contributed by atoms with van der Waals surface area (Å²) in [6.07, 6.45) is 0.815. The zero-order chi connectivity index (χ0) is 16.3. The average Bonchev–Trinajstić information content (AvgIpc) is 2.75. The Labute approximate surface area is 135 Å². The smallest absolute Gasteiger partial charge is 0.335 e. The third-order valence-electron chi connectivity index (χ3n) is 4.22. The third-order valence-corrected chi connectivity index (χ3v) is 5.92. The van der Waals surface area contributed by atoms with Crippen molar-refractivity contribution in [2.45, 2.75) is 51.6 Å². The molecule has 1 atom stereocenters. The Bertz CT molecular complexity index is 560. The SMILES string of the molecule is COC(=O)C1=C(C)N(Cc2ccccc2)C(C[Si](C)(C)C)C1. The molecule has 0 aromatic heterocycles. The van der Waals surface area contributed by atoms with Gasteiger partial charge < -0.3 is 9.64 Å². The molecule has 0 amide bonds. The van der Waals surface area contributed by atoms with Gasteiger partial charge in [0, 0.05) is 32.8 Å². The molecule has 0 aliphatic carbocycles. The molecule has 4 heteroatoms. The summed E-state index contributed by atoms with van der Waals surface area (Å²) in [6, 6.07) is 12.1. The lowest BCUT2D eigenvalue weighted by Gasteiger charge is -2.32. The molecule has 2 rings (SSSR count). The fourth-order valence-electron chi connectivity index (χ4n) is 3.21. The summed E-state index contributed by atoms with van der Waals surface area (Å²) in [5, 5.41) is 0. The van der Waals surface area contributed by atoms with Gasteiger partial charge in [-0.2, -0.15) is 0 Å². The van der Waals surface area contributed by atoms with Crippen molar-refractivity contribution >= 4 is 14.0 Å². The molecule has 3 nitrogen and oxygen atoms in total. The van der Waals surface area contributed by atoms with Crippen LogP contribution in [0, 0.1) is 0 Å². The van der Waals surface area contributed by atoms with Gasteiger partial charge in [0.15, 0.2) is 0 Å². The molecule has 1 aromatic rings. The van der Waals surface area contributed by atoms with Gasteiger partial charge in [0.05, 0.1) is 12.7 Å². The molecule has 0 fully saturated rings. The summed E-state index contributed by atoms with van der Waals surface area (Å²) in [7, 11) is 0.262. The first-order chi connectivity index (χ1) is 10.3. The van der Waals surface area contributed by atoms with E-state index in [-0.39, 0.29) is 5.97 Å². The molecule has 0 saturated heterocycles. The number of allylic oxidation sites excluding steroid dienone is 1. The number of methoxy groups -OCH3 is 1. The van der Waals surface area contributed by atoms with Crippen LogP contribution in [0.25, 0.3) is 0 Å². The standard InChI is InChI=1S/C18H27NO2Si/c1-14-17(18(20)21-2)11-16(13-22(3,4)5)19(14)12-15-9-7-6-8-10-15/h6-10,16H,11-13H2,1-5H3. The van der Waals surface area contributed by atoms with Gasteiger partial charge in [-0.1, -0.05) is 50.0 Å². The highest BCUT2D eigenvalue weighted by Crippen LogP contribution is 2.35. The van der Waals surface area contributed by atoms with E-state index >= 15 is 0 Å². The van der Waals surface area contributed by atoms with E-state index in [4.69, 9.17) is 4.74 Å². The minimum atomic E-state index is -1.21. The van der Waals surface area contributed by atoms with E-state index in [9.17, 15) is 4.79 Å². The van der Waals surface area contributed by atoms with Gasteiger partial charge in [0.25, 0.3) is 0 Å². The van der Waals surface area contributed by atoms with E-state index in [1.165, 1.54) is 18.7 Å². The second kappa shape index (κ2) is 6.69. The molecular weight excluding hydrogens is 290 g/mol. The van der Waals surface area contributed by atoms with Crippen LogP contribution in [0.3, 0.4) is 0 Å². The Kier molecular flexibility index (Phi) is 5.11. The molecular formula is C18H27NO2Si. The largest absolute Gasteiger partial charge is 0.466 e. The fourth-order valence-corrected chi connectivity index (χ4v) is 4.99. The molecule has 0 spiro atoms. The van der Waals surface area contributed by atoms with Crippen molar-refractivity contribution in [2.75, 3.05) is 7.11 Å². The second-order valence-electron chi connectivity index (χ2n) is 7.29. The lowest BCUT2D eigenvalue weighted by atomic mass is 10.1. The molecule has 0 N–H and O–H groups in total. The van der Waals surface area contributed by atoms with Crippen LogP contribution in [-0.2, 0) is 16.1 Å². The minimum Gasteiger partial charge on any atom is -0.466 e. The maximum Gasteiger partial charge on any atom is 0.335 e. The maximum absolute atomic E-state index is 12.0. The third kappa shape index (κ3) is 4.00. The number of esters is 1. The zero-order valence-corrected chi connectivity index (χ0v) is 15.3. The molecule has 0 saturated carbocycles. The molecule has 1 unspecified atom stereocenters. The molecule has 1 aliphatic rings. The first-order valence-electron chi connectivity index (χ1n) is 7.90. The summed E-state index contributed by atoms with van der Waals surface area (Å²) >= 11 is 0. The van der Waals surface area contributed by atoms with Crippen LogP contribution < -0.4 is 0 Å². The van der Waals surface area contributed by atoms with Gasteiger partial charge in [0.2, 0.25) is 0 Å². The first-order valence-corrected chi connectivity index (χ1v) is 11.6. The first kappa shape index (κ1) is 16.8. The van der Waals surface area contributed by atoms with Gasteiger partial charge >= 0.3 is 5.97 Å². The zero-order valence-electron chi connectivity index (χ0n) is 14.3. The van der Waals surface area contributed by atoms with E-state index in [0.29, 0.717) is 6.04 Å². The highest BCUT2D eigenvalue weighted by molar-refractivity contribution is 6.76. The van der Waals surface area contributed by atoms with Gasteiger partial charge in [-0.25, -0.2) is 4.79 Å². The van der Waals surface area contributed by atoms with Crippen molar-refractivity contribution in [2.24, 2.45) is 0 Å². The summed E-state index contributed by atoms with van der Waals surface area (Å²) in [4.78, 5) is 14.4. The molecule has 22 heavy (non-hydrogen) atoms. The quantitative estimate of drug-likeness (QED) is 0.606. The highest BCUT2D eigenvalue weighted by atomic mass is 28.3. The predicted molar refractivity (Wildman–Crippen MR) is 93.3 cm³/mol. The average molecular weight is 318 g/mol. The Morgan fingerprint density at radius 1 is 1.27 bits per heavy atom. The lowest BCUT2D eigenvalue weighted by Crippen LogP contribution is -2.36. The number of nitrogens with zero attached hydrogens (tertiary/aromatic N) is 1. The van der Waals surface area contributed by atoms with E-state index in [1.54, 1.807) is 0 Å². The van der Waals surface area contributed by atoms with Gasteiger partial charge in [-0.15, -0.1) is 0 Å². The van der Waals surface area contributed by atoms with Crippen LogP contribution in [0.1, 0.15) is 18.9 Å². The van der Waals surface area contributed by atoms with Gasteiger partial charge in [-0.05, 0) is 18.5 Å². The van der Waals surface area contributed by atoms with E-state index in [1.807, 2.05) is 6.07 Å². The van der Waals surface area contributed by atoms with Crippen molar-refractivity contribution in [3.05, 3.63) is 47.2 Å². The minimum absolute atomic E-state index is 0.173. The van der Waals surface area contributed by atoms with Gasteiger partial charge in [-0.3, -0.25) is 0 Å². The highest BCUT2D eigenvalue weighted by Gasteiger charge is 2.35. The van der Waals surface area contributed by atoms with Crippen LogP contribution in [0.2, 0.25) is 25.7 Å². The maximum atomic E-state index is 12.0. The lowest BCUT2D eigenvalue weighted by molar-refractivity contribution is -0.136. The fraction of sp³-hybridized carbons (Fsp3) is 0.500. The summed E-state index contributed by atoms with van der Waals surface area (Å²) < 4.78 is 4.97. The number of hydrogen-bond acceptors (Lipinski definition) is 3. The number of carbonyl (C=O) groups is 1. The number of carbonyl (C=O) groups excluding carboxylic acids is 1. The Balaban J connectivity index is 2.25. The topological polar surface area (TPSA) is 29.5 Å². The number of rotatable bonds is 5. The Hall–Kier alpha value is -1.55. The molecule has 1 aromatic carbocycles. The number of hydrogen-bond donors (Lipinski definition) is 0. The predicted octanol–water partition coefficient (Wildman–Crippen LogP) is 4.05. The summed E-state index contributed by atoms with van der Waals surface area (Å²) in [5.41, 5.74) is 3.22. The van der Waals surface area contributed by atoms with Crippen LogP contribution >= 0.6 is 0 Å². The normalized spacial score (nSPS) is 18.8. The second-order valence-corrected chi connectivity index (χ2v) is 12.8. The van der Waals surface area contributed by atoms with Crippen LogP contribution in [-0.4, -0.2) is 32.1 Å². The Morgan fingerprint density at radius 3 is 2.45 bits per heavy atom. The van der Waals surface area contributed by atoms with E-state index < -0.39 is 8.07 Å². The number of benzene rings is 1. The van der Waals surface area contributed by atoms with Crippen LogP contribution in [0.4, 0.5) is 0 Å². The summed E-state index contributed by atoms with van der Waals surface area (Å²) in [6.45, 7) is 10.1. The monoisotopic (exact) mass is 317 g/mol. The van der Waals surface area contributed by atoms with Crippen molar-refractivity contribution < 1.29 is 9.53 Å².